The first-order chi connectivity index (χ1) is 10.1. The van der Waals surface area contributed by atoms with Gasteiger partial charge >= 0.3 is 0 Å². The third kappa shape index (κ3) is 4.27. The monoisotopic (exact) mass is 327 g/mol. The van der Waals surface area contributed by atoms with Crippen molar-refractivity contribution in [3.8, 4) is 5.75 Å². The molecule has 0 fully saturated rings. The summed E-state index contributed by atoms with van der Waals surface area (Å²) in [5, 5.41) is 11.5. The van der Waals surface area contributed by atoms with Crippen LogP contribution in [-0.4, -0.2) is 33.6 Å². The average Bonchev–Trinajstić information content (AvgIpc) is 2.85. The molecule has 0 aliphatic carbocycles. The first kappa shape index (κ1) is 15.5. The number of hydrogen-bond donors (Lipinski definition) is 2. The van der Waals surface area contributed by atoms with Gasteiger partial charge in [-0.3, -0.25) is 4.79 Å². The van der Waals surface area contributed by atoms with Crippen molar-refractivity contribution in [1.82, 2.24) is 20.2 Å². The van der Waals surface area contributed by atoms with E-state index in [1.54, 1.807) is 31.3 Å². The van der Waals surface area contributed by atoms with E-state index < -0.39 is 0 Å². The number of amides is 1. The zero-order valence-electron chi connectivity index (χ0n) is 11.2. The largest absolute Gasteiger partial charge is 0.486 e. The molecule has 9 heteroatoms. The van der Waals surface area contributed by atoms with Crippen LogP contribution >= 0.6 is 23.4 Å². The standard InChI is InChI=1S/C12H14ClN5O2S/c1-15-11(19)7-21-12-17-16-10(18(12)14)6-20-9-4-2-8(13)3-5-9/h2-5H,6-7,14H2,1H3,(H,15,19). The first-order valence-corrected chi connectivity index (χ1v) is 7.37. The molecule has 0 saturated heterocycles. The number of thioether (sulfide) groups is 1. The second kappa shape index (κ2) is 7.19. The maximum atomic E-state index is 11.2. The normalized spacial score (nSPS) is 10.4. The molecule has 0 atom stereocenters. The summed E-state index contributed by atoms with van der Waals surface area (Å²) in [4.78, 5) is 11.2. The summed E-state index contributed by atoms with van der Waals surface area (Å²) in [7, 11) is 1.57. The molecule has 1 amide bonds. The molecule has 1 heterocycles. The Balaban J connectivity index is 1.93. The van der Waals surface area contributed by atoms with Crippen molar-refractivity contribution in [2.24, 2.45) is 0 Å². The van der Waals surface area contributed by atoms with Gasteiger partial charge in [0.05, 0.1) is 5.75 Å². The third-order valence-electron chi connectivity index (χ3n) is 2.53. The molecular weight excluding hydrogens is 314 g/mol. The molecule has 0 radical (unpaired) electrons. The van der Waals surface area contributed by atoms with Crippen molar-refractivity contribution >= 4 is 29.3 Å². The van der Waals surface area contributed by atoms with Crippen molar-refractivity contribution in [3.63, 3.8) is 0 Å². The summed E-state index contributed by atoms with van der Waals surface area (Å²) in [6.45, 7) is 0.172. The van der Waals surface area contributed by atoms with Gasteiger partial charge in [-0.2, -0.15) is 0 Å². The molecule has 0 aliphatic rings. The van der Waals surface area contributed by atoms with Crippen LogP contribution in [0.5, 0.6) is 5.75 Å². The summed E-state index contributed by atoms with van der Waals surface area (Å²) in [6, 6.07) is 6.96. The van der Waals surface area contributed by atoms with Gasteiger partial charge < -0.3 is 15.9 Å². The molecule has 2 rings (SSSR count). The van der Waals surface area contributed by atoms with Crippen LogP contribution in [0.3, 0.4) is 0 Å². The Hall–Kier alpha value is -1.93. The Bertz CT molecular complexity index is 617. The molecule has 0 aliphatic heterocycles. The van der Waals surface area contributed by atoms with E-state index in [0.717, 1.165) is 0 Å². The van der Waals surface area contributed by atoms with Gasteiger partial charge in [0.25, 0.3) is 0 Å². The van der Waals surface area contributed by atoms with Crippen LogP contribution in [0.4, 0.5) is 0 Å². The number of carbonyl (C=O) groups excluding carboxylic acids is 1. The van der Waals surface area contributed by atoms with E-state index in [4.69, 9.17) is 22.2 Å². The van der Waals surface area contributed by atoms with E-state index >= 15 is 0 Å². The number of rotatable bonds is 6. The van der Waals surface area contributed by atoms with Crippen LogP contribution in [0.25, 0.3) is 0 Å². The van der Waals surface area contributed by atoms with Gasteiger partial charge in [-0.15, -0.1) is 10.2 Å². The van der Waals surface area contributed by atoms with Crippen LogP contribution in [0, 0.1) is 0 Å². The first-order valence-electron chi connectivity index (χ1n) is 6.01. The third-order valence-corrected chi connectivity index (χ3v) is 3.72. The lowest BCUT2D eigenvalue weighted by Gasteiger charge is -2.06. The number of nitrogen functional groups attached to an aromatic ring is 1. The topological polar surface area (TPSA) is 95.1 Å². The lowest BCUT2D eigenvalue weighted by molar-refractivity contribution is -0.118. The minimum absolute atomic E-state index is 0.109. The van der Waals surface area contributed by atoms with E-state index in [-0.39, 0.29) is 18.3 Å². The Morgan fingerprint density at radius 3 is 2.81 bits per heavy atom. The van der Waals surface area contributed by atoms with Gasteiger partial charge in [0.2, 0.25) is 11.1 Å². The van der Waals surface area contributed by atoms with Gasteiger partial charge in [0.1, 0.15) is 12.4 Å². The average molecular weight is 328 g/mol. The molecule has 1 aromatic carbocycles. The minimum Gasteiger partial charge on any atom is -0.486 e. The second-order valence-corrected chi connectivity index (χ2v) is 5.35. The minimum atomic E-state index is -0.109. The Kier molecular flexibility index (Phi) is 5.29. The number of aromatic nitrogens is 3. The molecule has 0 bridgehead atoms. The SMILES string of the molecule is CNC(=O)CSc1nnc(COc2ccc(Cl)cc2)n1N. The number of ether oxygens (including phenoxy) is 1. The predicted octanol–water partition coefficient (Wildman–Crippen LogP) is 1.06. The van der Waals surface area contributed by atoms with Gasteiger partial charge in [-0.1, -0.05) is 23.4 Å². The van der Waals surface area contributed by atoms with Crippen molar-refractivity contribution in [2.75, 3.05) is 18.6 Å². The van der Waals surface area contributed by atoms with Crippen LogP contribution in [0.15, 0.2) is 29.4 Å². The zero-order valence-corrected chi connectivity index (χ0v) is 12.8. The predicted molar refractivity (Wildman–Crippen MR) is 80.7 cm³/mol. The van der Waals surface area contributed by atoms with E-state index in [9.17, 15) is 4.79 Å². The molecule has 0 unspecified atom stereocenters. The van der Waals surface area contributed by atoms with Crippen LogP contribution in [0.2, 0.25) is 5.02 Å². The van der Waals surface area contributed by atoms with Crippen molar-refractivity contribution < 1.29 is 9.53 Å². The number of nitrogens with zero attached hydrogens (tertiary/aromatic N) is 3. The van der Waals surface area contributed by atoms with E-state index in [2.05, 4.69) is 15.5 Å². The smallest absolute Gasteiger partial charge is 0.230 e. The molecule has 7 nitrogen and oxygen atoms in total. The van der Waals surface area contributed by atoms with Gasteiger partial charge in [0.15, 0.2) is 5.82 Å². The fourth-order valence-electron chi connectivity index (χ4n) is 1.39. The Labute approximate surface area is 130 Å². The Morgan fingerprint density at radius 1 is 1.43 bits per heavy atom. The maximum absolute atomic E-state index is 11.2. The van der Waals surface area contributed by atoms with Crippen LogP contribution < -0.4 is 15.9 Å². The highest BCUT2D eigenvalue weighted by atomic mass is 35.5. The summed E-state index contributed by atoms with van der Waals surface area (Å²) in [5.41, 5.74) is 0. The van der Waals surface area contributed by atoms with Crippen LogP contribution in [0.1, 0.15) is 5.82 Å². The number of carbonyl (C=O) groups is 1. The quantitative estimate of drug-likeness (QED) is 0.608. The second-order valence-electron chi connectivity index (χ2n) is 3.97. The maximum Gasteiger partial charge on any atom is 0.230 e. The Morgan fingerprint density at radius 2 is 2.14 bits per heavy atom. The highest BCUT2D eigenvalue weighted by Gasteiger charge is 2.12. The number of nitrogens with two attached hydrogens (primary N) is 1. The summed E-state index contributed by atoms with van der Waals surface area (Å²) < 4.78 is 6.85. The van der Waals surface area contributed by atoms with E-state index in [1.807, 2.05) is 0 Å². The van der Waals surface area contributed by atoms with Gasteiger partial charge in [0, 0.05) is 12.1 Å². The number of hydrogen-bond acceptors (Lipinski definition) is 6. The molecule has 21 heavy (non-hydrogen) atoms. The molecule has 0 spiro atoms. The summed E-state index contributed by atoms with van der Waals surface area (Å²) >= 11 is 7.00. The molecular formula is C12H14ClN5O2S. The zero-order chi connectivity index (χ0) is 15.2. The van der Waals surface area contributed by atoms with Gasteiger partial charge in [-0.05, 0) is 24.3 Å². The lowest BCUT2D eigenvalue weighted by Crippen LogP contribution is -2.21. The number of benzene rings is 1. The lowest BCUT2D eigenvalue weighted by atomic mass is 10.3. The van der Waals surface area contributed by atoms with E-state index in [0.29, 0.717) is 21.8 Å². The highest BCUT2D eigenvalue weighted by molar-refractivity contribution is 7.99. The van der Waals surface area contributed by atoms with Crippen molar-refractivity contribution in [3.05, 3.63) is 35.1 Å². The fraction of sp³-hybridized carbons (Fsp3) is 0.250. The van der Waals surface area contributed by atoms with Crippen molar-refractivity contribution in [2.45, 2.75) is 11.8 Å². The fourth-order valence-corrected chi connectivity index (χ4v) is 2.26. The molecule has 1 aromatic heterocycles. The molecule has 112 valence electrons. The highest BCUT2D eigenvalue weighted by Crippen LogP contribution is 2.18. The summed E-state index contributed by atoms with van der Waals surface area (Å²) in [6.07, 6.45) is 0. The molecule has 2 aromatic rings. The summed E-state index contributed by atoms with van der Waals surface area (Å²) in [5.74, 6) is 7.09. The number of halogens is 1. The van der Waals surface area contributed by atoms with Gasteiger partial charge in [-0.25, -0.2) is 4.68 Å². The van der Waals surface area contributed by atoms with Crippen molar-refractivity contribution in [1.29, 1.82) is 0 Å². The van der Waals surface area contributed by atoms with Crippen LogP contribution in [-0.2, 0) is 11.4 Å². The molecule has 0 saturated carbocycles. The van der Waals surface area contributed by atoms with E-state index in [1.165, 1.54) is 16.4 Å². The molecule has 3 N–H and O–H groups in total. The number of nitrogens with one attached hydrogen (secondary N) is 1.